The van der Waals surface area contributed by atoms with Crippen molar-refractivity contribution in [2.75, 3.05) is 0 Å². The Labute approximate surface area is 95.6 Å². The number of nitrogens with zero attached hydrogens (tertiary/aromatic N) is 5. The molecule has 17 heavy (non-hydrogen) atoms. The fraction of sp³-hybridized carbons (Fsp3) is 0.222. The van der Waals surface area contributed by atoms with Crippen molar-refractivity contribution in [3.63, 3.8) is 0 Å². The SMILES string of the molecule is Cn1cccc1C(=O)Cn1cnc([N+](=O)[O-])n1. The number of nitro groups is 1. The van der Waals surface area contributed by atoms with E-state index < -0.39 is 10.9 Å². The van der Waals surface area contributed by atoms with Crippen LogP contribution in [-0.2, 0) is 13.6 Å². The van der Waals surface area contributed by atoms with Gasteiger partial charge < -0.3 is 14.7 Å². The number of carbonyl (C=O) groups is 1. The predicted molar refractivity (Wildman–Crippen MR) is 56.4 cm³/mol. The Morgan fingerprint density at radius 2 is 2.35 bits per heavy atom. The fourth-order valence-electron chi connectivity index (χ4n) is 1.42. The summed E-state index contributed by atoms with van der Waals surface area (Å²) in [5.41, 5.74) is 0.517. The second kappa shape index (κ2) is 4.16. The topological polar surface area (TPSA) is 95.8 Å². The molecule has 8 heteroatoms. The molecule has 0 aliphatic heterocycles. The van der Waals surface area contributed by atoms with E-state index in [2.05, 4.69) is 10.1 Å². The zero-order valence-corrected chi connectivity index (χ0v) is 8.98. The molecular weight excluding hydrogens is 226 g/mol. The summed E-state index contributed by atoms with van der Waals surface area (Å²) in [6.07, 6.45) is 2.91. The molecule has 2 aromatic heterocycles. The first-order valence-electron chi connectivity index (χ1n) is 4.76. The highest BCUT2D eigenvalue weighted by molar-refractivity contribution is 5.94. The quantitative estimate of drug-likeness (QED) is 0.434. The van der Waals surface area contributed by atoms with Crippen molar-refractivity contribution >= 4 is 11.7 Å². The molecule has 2 rings (SSSR count). The number of Topliss-reactive ketones (excluding diaryl/α,β-unsaturated/α-hetero) is 1. The average Bonchev–Trinajstić information content (AvgIpc) is 2.86. The number of aromatic nitrogens is 4. The number of aryl methyl sites for hydroxylation is 1. The van der Waals surface area contributed by atoms with Crippen molar-refractivity contribution < 1.29 is 9.72 Å². The summed E-state index contributed by atoms with van der Waals surface area (Å²) in [4.78, 5) is 24.9. The molecule has 0 aromatic carbocycles. The minimum Gasteiger partial charge on any atom is -0.390 e. The monoisotopic (exact) mass is 235 g/mol. The van der Waals surface area contributed by atoms with Crippen LogP contribution in [0.5, 0.6) is 0 Å². The van der Waals surface area contributed by atoms with Gasteiger partial charge in [0.2, 0.25) is 12.1 Å². The standard InChI is InChI=1S/C9H9N5O3/c1-12-4-2-3-7(12)8(15)5-13-6-10-9(11-13)14(16)17/h2-4,6H,5H2,1H3. The zero-order chi connectivity index (χ0) is 12.4. The second-order valence-electron chi connectivity index (χ2n) is 3.43. The van der Waals surface area contributed by atoms with Gasteiger partial charge in [0.15, 0.2) is 0 Å². The molecule has 0 bridgehead atoms. The van der Waals surface area contributed by atoms with Crippen LogP contribution >= 0.6 is 0 Å². The van der Waals surface area contributed by atoms with E-state index in [1.54, 1.807) is 29.9 Å². The lowest BCUT2D eigenvalue weighted by molar-refractivity contribution is -0.394. The molecule has 88 valence electrons. The summed E-state index contributed by atoms with van der Waals surface area (Å²) in [6.45, 7) is -0.0707. The van der Waals surface area contributed by atoms with Crippen LogP contribution in [0.2, 0.25) is 0 Å². The Morgan fingerprint density at radius 1 is 1.59 bits per heavy atom. The molecular formula is C9H9N5O3. The van der Waals surface area contributed by atoms with Gasteiger partial charge in [-0.3, -0.25) is 4.79 Å². The van der Waals surface area contributed by atoms with E-state index >= 15 is 0 Å². The van der Waals surface area contributed by atoms with Gasteiger partial charge in [-0.1, -0.05) is 4.98 Å². The van der Waals surface area contributed by atoms with Crippen LogP contribution < -0.4 is 0 Å². The largest absolute Gasteiger partial charge is 0.490 e. The molecule has 0 unspecified atom stereocenters. The van der Waals surface area contributed by atoms with E-state index in [-0.39, 0.29) is 12.3 Å². The second-order valence-corrected chi connectivity index (χ2v) is 3.43. The minimum absolute atomic E-state index is 0.0707. The third-order valence-corrected chi connectivity index (χ3v) is 2.22. The van der Waals surface area contributed by atoms with Crippen molar-refractivity contribution in [2.24, 2.45) is 7.05 Å². The van der Waals surface area contributed by atoms with Gasteiger partial charge in [0, 0.05) is 18.3 Å². The zero-order valence-electron chi connectivity index (χ0n) is 8.98. The molecule has 8 nitrogen and oxygen atoms in total. The summed E-state index contributed by atoms with van der Waals surface area (Å²) in [5, 5.41) is 13.9. The number of ketones is 1. The Hall–Kier alpha value is -2.51. The maximum atomic E-state index is 11.8. The van der Waals surface area contributed by atoms with E-state index in [9.17, 15) is 14.9 Å². The first-order chi connectivity index (χ1) is 8.08. The van der Waals surface area contributed by atoms with Gasteiger partial charge in [-0.2, -0.15) is 4.68 Å². The van der Waals surface area contributed by atoms with Crippen molar-refractivity contribution in [2.45, 2.75) is 6.54 Å². The molecule has 0 N–H and O–H groups in total. The highest BCUT2D eigenvalue weighted by atomic mass is 16.6. The van der Waals surface area contributed by atoms with Gasteiger partial charge in [0.25, 0.3) is 0 Å². The molecule has 0 aliphatic rings. The summed E-state index contributed by atoms with van der Waals surface area (Å²) >= 11 is 0. The Balaban J connectivity index is 2.13. The Bertz CT molecular complexity index is 571. The molecule has 0 fully saturated rings. The summed E-state index contributed by atoms with van der Waals surface area (Å²) in [5.74, 6) is -0.693. The lowest BCUT2D eigenvalue weighted by Crippen LogP contribution is -2.14. The van der Waals surface area contributed by atoms with Gasteiger partial charge in [-0.25, -0.2) is 0 Å². The Kier molecular flexibility index (Phi) is 2.69. The van der Waals surface area contributed by atoms with E-state index in [1.807, 2.05) is 0 Å². The number of carbonyl (C=O) groups excluding carboxylic acids is 1. The van der Waals surface area contributed by atoms with Gasteiger partial charge in [0.1, 0.15) is 6.54 Å². The van der Waals surface area contributed by atoms with Crippen LogP contribution in [0.15, 0.2) is 24.7 Å². The number of hydrogen-bond donors (Lipinski definition) is 0. The average molecular weight is 235 g/mol. The molecule has 0 spiro atoms. The highest BCUT2D eigenvalue weighted by Gasteiger charge is 2.17. The van der Waals surface area contributed by atoms with Gasteiger partial charge in [-0.05, 0) is 17.1 Å². The molecule has 0 aliphatic carbocycles. The molecule has 0 radical (unpaired) electrons. The number of rotatable bonds is 4. The molecule has 2 aromatic rings. The maximum Gasteiger partial charge on any atom is 0.490 e. The van der Waals surface area contributed by atoms with Crippen molar-refractivity contribution in [3.05, 3.63) is 40.5 Å². The van der Waals surface area contributed by atoms with Gasteiger partial charge in [0.05, 0.1) is 5.69 Å². The van der Waals surface area contributed by atoms with Crippen molar-refractivity contribution in [1.82, 2.24) is 19.3 Å². The summed E-state index contributed by atoms with van der Waals surface area (Å²) in [7, 11) is 1.75. The van der Waals surface area contributed by atoms with Crippen LogP contribution in [0.3, 0.4) is 0 Å². The first kappa shape index (κ1) is 11.0. The van der Waals surface area contributed by atoms with E-state index in [0.29, 0.717) is 5.69 Å². The molecule has 0 amide bonds. The van der Waals surface area contributed by atoms with Gasteiger partial charge >= 0.3 is 5.95 Å². The fourth-order valence-corrected chi connectivity index (χ4v) is 1.42. The van der Waals surface area contributed by atoms with E-state index in [4.69, 9.17) is 0 Å². The van der Waals surface area contributed by atoms with Crippen LogP contribution in [0.25, 0.3) is 0 Å². The molecule has 0 atom stereocenters. The third-order valence-electron chi connectivity index (χ3n) is 2.22. The molecule has 0 saturated carbocycles. The van der Waals surface area contributed by atoms with Gasteiger partial charge in [-0.15, -0.1) is 0 Å². The smallest absolute Gasteiger partial charge is 0.390 e. The highest BCUT2D eigenvalue weighted by Crippen LogP contribution is 2.04. The third kappa shape index (κ3) is 2.19. The van der Waals surface area contributed by atoms with Crippen molar-refractivity contribution in [1.29, 1.82) is 0 Å². The molecule has 0 saturated heterocycles. The van der Waals surface area contributed by atoms with Crippen molar-refractivity contribution in [3.8, 4) is 0 Å². The molecule has 2 heterocycles. The minimum atomic E-state index is -0.705. The lowest BCUT2D eigenvalue weighted by atomic mass is 10.3. The predicted octanol–water partition coefficient (Wildman–Crippen LogP) is 0.408. The summed E-state index contributed by atoms with van der Waals surface area (Å²) in [6, 6.07) is 3.42. The van der Waals surface area contributed by atoms with E-state index in [1.165, 1.54) is 6.33 Å². The maximum absolute atomic E-state index is 11.8. The van der Waals surface area contributed by atoms with Crippen LogP contribution in [-0.4, -0.2) is 30.0 Å². The Morgan fingerprint density at radius 3 is 2.88 bits per heavy atom. The first-order valence-corrected chi connectivity index (χ1v) is 4.76. The number of hydrogen-bond acceptors (Lipinski definition) is 5. The lowest BCUT2D eigenvalue weighted by Gasteiger charge is -1.99. The normalized spacial score (nSPS) is 10.4. The van der Waals surface area contributed by atoms with Crippen LogP contribution in [0.4, 0.5) is 5.95 Å². The van der Waals surface area contributed by atoms with Crippen LogP contribution in [0, 0.1) is 10.1 Å². The van der Waals surface area contributed by atoms with E-state index in [0.717, 1.165) is 4.68 Å². The van der Waals surface area contributed by atoms with Crippen LogP contribution in [0.1, 0.15) is 10.5 Å². The summed E-state index contributed by atoms with van der Waals surface area (Å²) < 4.78 is 2.82.